The van der Waals surface area contributed by atoms with E-state index in [-0.39, 0.29) is 10.7 Å². The molecule has 1 N–H and O–H groups in total. The predicted molar refractivity (Wildman–Crippen MR) is 84.8 cm³/mol. The Bertz CT molecular complexity index is 623. The lowest BCUT2D eigenvalue weighted by Crippen LogP contribution is -2.38. The number of carbonyl (C=O) groups excluding carboxylic acids is 3. The molecular weight excluding hydrogens is 324 g/mol. The molecule has 1 aromatic heterocycles. The van der Waals surface area contributed by atoms with Crippen molar-refractivity contribution in [3.8, 4) is 0 Å². The molecule has 8 heteroatoms. The second-order valence-electron chi connectivity index (χ2n) is 6.85. The van der Waals surface area contributed by atoms with E-state index in [9.17, 15) is 14.4 Å². The maximum atomic E-state index is 12.1. The summed E-state index contributed by atoms with van der Waals surface area (Å²) >= 11 is 5.84. The van der Waals surface area contributed by atoms with Crippen molar-refractivity contribution in [2.24, 2.45) is 0 Å². The molecule has 2 amide bonds. The molecule has 0 spiro atoms. The van der Waals surface area contributed by atoms with Gasteiger partial charge >= 0.3 is 12.2 Å². The molecule has 1 rings (SSSR count). The first-order valence-corrected chi connectivity index (χ1v) is 7.32. The maximum absolute atomic E-state index is 12.1. The van der Waals surface area contributed by atoms with Crippen LogP contribution in [0.25, 0.3) is 0 Å². The Morgan fingerprint density at radius 1 is 1.04 bits per heavy atom. The molecule has 1 aromatic rings. The second kappa shape index (κ2) is 6.62. The fourth-order valence-electron chi connectivity index (χ4n) is 1.53. The lowest BCUT2D eigenvalue weighted by molar-refractivity contribution is 0.0478. The van der Waals surface area contributed by atoms with Crippen LogP contribution in [0.1, 0.15) is 52.0 Å². The Kier molecular flexibility index (Phi) is 5.47. The van der Waals surface area contributed by atoms with Crippen LogP contribution in [-0.2, 0) is 9.47 Å². The molecule has 0 atom stereocenters. The summed E-state index contributed by atoms with van der Waals surface area (Å²) in [5.41, 5.74) is -1.63. The molecule has 0 aliphatic carbocycles. The van der Waals surface area contributed by atoms with Crippen LogP contribution in [0, 0.1) is 0 Å². The molecule has 0 radical (unpaired) electrons. The molecular formula is C15H21ClN2O5. The van der Waals surface area contributed by atoms with Crippen LogP contribution in [0.3, 0.4) is 0 Å². The Balaban J connectivity index is 2.94. The first-order chi connectivity index (χ1) is 10.3. The van der Waals surface area contributed by atoms with E-state index in [0.29, 0.717) is 0 Å². The number of nitrogens with zero attached hydrogens (tertiary/aromatic N) is 1. The van der Waals surface area contributed by atoms with E-state index in [1.165, 1.54) is 12.3 Å². The van der Waals surface area contributed by atoms with E-state index in [4.69, 9.17) is 21.1 Å². The number of nitrogens with one attached hydrogen (secondary N) is 1. The van der Waals surface area contributed by atoms with Crippen LogP contribution in [0.5, 0.6) is 0 Å². The minimum Gasteiger partial charge on any atom is -0.444 e. The molecule has 0 aliphatic heterocycles. The number of alkyl carbamates (subject to hydrolysis) is 1. The minimum atomic E-state index is -0.921. The number of hydrogen-bond acceptors (Lipinski definition) is 5. The molecule has 23 heavy (non-hydrogen) atoms. The van der Waals surface area contributed by atoms with Crippen LogP contribution >= 0.6 is 11.6 Å². The van der Waals surface area contributed by atoms with E-state index in [2.05, 4.69) is 0 Å². The fraction of sp³-hybridized carbons (Fsp3) is 0.533. The number of imide groups is 1. The smallest absolute Gasteiger partial charge is 0.419 e. The highest BCUT2D eigenvalue weighted by molar-refractivity contribution is 6.31. The van der Waals surface area contributed by atoms with Gasteiger partial charge in [-0.1, -0.05) is 11.6 Å². The average molecular weight is 345 g/mol. The zero-order chi connectivity index (χ0) is 18.0. The first-order valence-electron chi connectivity index (χ1n) is 6.94. The highest BCUT2D eigenvalue weighted by atomic mass is 35.5. The van der Waals surface area contributed by atoms with Crippen LogP contribution < -0.4 is 5.32 Å². The topological polar surface area (TPSA) is 86.6 Å². The van der Waals surface area contributed by atoms with Crippen molar-refractivity contribution < 1.29 is 23.9 Å². The van der Waals surface area contributed by atoms with Gasteiger partial charge in [-0.05, 0) is 47.6 Å². The van der Waals surface area contributed by atoms with Crippen molar-refractivity contribution >= 4 is 29.7 Å². The number of amides is 2. The molecule has 0 unspecified atom stereocenters. The van der Waals surface area contributed by atoms with E-state index in [1.54, 1.807) is 41.5 Å². The monoisotopic (exact) mass is 344 g/mol. The highest BCUT2D eigenvalue weighted by Crippen LogP contribution is 2.17. The Morgan fingerprint density at radius 3 is 2.04 bits per heavy atom. The summed E-state index contributed by atoms with van der Waals surface area (Å²) in [7, 11) is 0. The normalized spacial score (nSPS) is 11.8. The molecule has 128 valence electrons. The first kappa shape index (κ1) is 19.0. The van der Waals surface area contributed by atoms with Gasteiger partial charge in [0.05, 0.1) is 5.02 Å². The number of aromatic nitrogens is 1. The highest BCUT2D eigenvalue weighted by Gasteiger charge is 2.25. The van der Waals surface area contributed by atoms with Crippen molar-refractivity contribution in [1.29, 1.82) is 0 Å². The van der Waals surface area contributed by atoms with Crippen molar-refractivity contribution in [2.75, 3.05) is 0 Å². The van der Waals surface area contributed by atoms with Crippen LogP contribution in [0.2, 0.25) is 5.02 Å². The zero-order valence-corrected chi connectivity index (χ0v) is 14.8. The van der Waals surface area contributed by atoms with Gasteiger partial charge in [0.1, 0.15) is 16.9 Å². The van der Waals surface area contributed by atoms with E-state index in [1.807, 2.05) is 5.32 Å². The summed E-state index contributed by atoms with van der Waals surface area (Å²) in [6.07, 6.45) is -0.464. The third kappa shape index (κ3) is 6.32. The van der Waals surface area contributed by atoms with Gasteiger partial charge in [0.2, 0.25) is 0 Å². The van der Waals surface area contributed by atoms with Gasteiger partial charge in [-0.25, -0.2) is 14.2 Å². The van der Waals surface area contributed by atoms with Gasteiger partial charge in [0.15, 0.2) is 0 Å². The van der Waals surface area contributed by atoms with Gasteiger partial charge in [-0.2, -0.15) is 0 Å². The standard InChI is InChI=1S/C15H21ClN2O5/c1-14(2,3)22-12(20)17-11(19)10-7-9(16)8-18(10)13(21)23-15(4,5)6/h7-8H,1-6H3,(H,17,19,20). The molecule has 0 fully saturated rings. The minimum absolute atomic E-state index is 0.130. The van der Waals surface area contributed by atoms with Gasteiger partial charge < -0.3 is 9.47 Å². The summed E-state index contributed by atoms with van der Waals surface area (Å²) in [5.74, 6) is -0.822. The summed E-state index contributed by atoms with van der Waals surface area (Å²) in [6, 6.07) is 1.26. The largest absolute Gasteiger partial charge is 0.444 e. The zero-order valence-electron chi connectivity index (χ0n) is 14.0. The molecule has 0 aliphatic rings. The van der Waals surface area contributed by atoms with Gasteiger partial charge in [0.25, 0.3) is 5.91 Å². The molecule has 0 saturated heterocycles. The van der Waals surface area contributed by atoms with E-state index in [0.717, 1.165) is 4.57 Å². The third-order valence-corrected chi connectivity index (χ3v) is 2.43. The maximum Gasteiger partial charge on any atom is 0.419 e. The summed E-state index contributed by atoms with van der Waals surface area (Å²) in [4.78, 5) is 35.9. The summed E-state index contributed by atoms with van der Waals surface area (Å²) in [6.45, 7) is 10.1. The van der Waals surface area contributed by atoms with Crippen molar-refractivity contribution in [3.63, 3.8) is 0 Å². The molecule has 7 nitrogen and oxygen atoms in total. The van der Waals surface area contributed by atoms with Crippen LogP contribution in [0.4, 0.5) is 9.59 Å². The number of halogens is 1. The third-order valence-electron chi connectivity index (χ3n) is 2.22. The number of ether oxygens (including phenoxy) is 2. The average Bonchev–Trinajstić information content (AvgIpc) is 2.66. The molecule has 0 bridgehead atoms. The molecule has 0 saturated carbocycles. The predicted octanol–water partition coefficient (Wildman–Crippen LogP) is 3.59. The fourth-order valence-corrected chi connectivity index (χ4v) is 1.73. The Labute approximate surface area is 139 Å². The van der Waals surface area contributed by atoms with Crippen molar-refractivity contribution in [3.05, 3.63) is 23.0 Å². The van der Waals surface area contributed by atoms with Crippen LogP contribution in [0.15, 0.2) is 12.3 Å². The second-order valence-corrected chi connectivity index (χ2v) is 7.29. The van der Waals surface area contributed by atoms with Gasteiger partial charge in [0, 0.05) is 6.20 Å². The van der Waals surface area contributed by atoms with Crippen molar-refractivity contribution in [2.45, 2.75) is 52.7 Å². The SMILES string of the molecule is CC(C)(C)OC(=O)NC(=O)c1cc(Cl)cn1C(=O)OC(C)(C)C. The summed E-state index contributed by atoms with van der Waals surface area (Å²) < 4.78 is 11.1. The van der Waals surface area contributed by atoms with Gasteiger partial charge in [-0.3, -0.25) is 10.1 Å². The number of hydrogen-bond donors (Lipinski definition) is 1. The number of rotatable bonds is 1. The quantitative estimate of drug-likeness (QED) is 0.841. The van der Waals surface area contributed by atoms with Crippen molar-refractivity contribution in [1.82, 2.24) is 9.88 Å². The Morgan fingerprint density at radius 2 is 1.57 bits per heavy atom. The Hall–Kier alpha value is -2.02. The molecule has 0 aromatic carbocycles. The lowest BCUT2D eigenvalue weighted by atomic mass is 10.2. The summed E-state index contributed by atoms with van der Waals surface area (Å²) in [5, 5.41) is 2.19. The van der Waals surface area contributed by atoms with Crippen LogP contribution in [-0.4, -0.2) is 33.9 Å². The van der Waals surface area contributed by atoms with E-state index < -0.39 is 29.3 Å². The number of carbonyl (C=O) groups is 3. The van der Waals surface area contributed by atoms with E-state index >= 15 is 0 Å². The molecule has 1 heterocycles. The lowest BCUT2D eigenvalue weighted by Gasteiger charge is -2.21. The van der Waals surface area contributed by atoms with Gasteiger partial charge in [-0.15, -0.1) is 0 Å².